The van der Waals surface area contributed by atoms with E-state index in [1.807, 2.05) is 28.0 Å². The van der Waals surface area contributed by atoms with Gasteiger partial charge in [-0.3, -0.25) is 9.59 Å². The van der Waals surface area contributed by atoms with Crippen molar-refractivity contribution in [2.45, 2.75) is 38.1 Å². The molecule has 2 heterocycles. The zero-order valence-corrected chi connectivity index (χ0v) is 14.6. The van der Waals surface area contributed by atoms with Crippen LogP contribution in [0.25, 0.3) is 0 Å². The number of benzene rings is 1. The van der Waals surface area contributed by atoms with E-state index in [0.717, 1.165) is 45.3 Å². The third-order valence-corrected chi connectivity index (χ3v) is 5.96. The van der Waals surface area contributed by atoms with Crippen molar-refractivity contribution in [1.82, 2.24) is 9.80 Å². The summed E-state index contributed by atoms with van der Waals surface area (Å²) < 4.78 is 0. The molecule has 3 unspecified atom stereocenters. The van der Waals surface area contributed by atoms with Crippen molar-refractivity contribution in [3.05, 3.63) is 48.0 Å². The molecule has 2 amide bonds. The number of likely N-dealkylation sites (tertiary alicyclic amines) is 2. The molecule has 3 aliphatic rings. The highest BCUT2D eigenvalue weighted by atomic mass is 16.2. The van der Waals surface area contributed by atoms with Crippen LogP contribution in [0.4, 0.5) is 0 Å². The lowest BCUT2D eigenvalue weighted by atomic mass is 9.86. The van der Waals surface area contributed by atoms with Crippen LogP contribution in [0.2, 0.25) is 0 Å². The molecule has 25 heavy (non-hydrogen) atoms. The van der Waals surface area contributed by atoms with Crippen molar-refractivity contribution in [2.75, 3.05) is 19.6 Å². The number of amides is 2. The van der Waals surface area contributed by atoms with Gasteiger partial charge in [0.25, 0.3) is 0 Å². The first-order chi connectivity index (χ1) is 12.2. The number of carbonyl (C=O) groups excluding carboxylic acids is 2. The summed E-state index contributed by atoms with van der Waals surface area (Å²) in [4.78, 5) is 29.2. The maximum atomic E-state index is 12.7. The van der Waals surface area contributed by atoms with E-state index in [0.29, 0.717) is 18.2 Å². The van der Waals surface area contributed by atoms with E-state index in [2.05, 4.69) is 24.3 Å². The van der Waals surface area contributed by atoms with Gasteiger partial charge in [-0.05, 0) is 31.2 Å². The smallest absolute Gasteiger partial charge is 0.226 e. The Morgan fingerprint density at radius 2 is 1.88 bits per heavy atom. The van der Waals surface area contributed by atoms with E-state index in [1.165, 1.54) is 5.56 Å². The van der Waals surface area contributed by atoms with Gasteiger partial charge >= 0.3 is 0 Å². The topological polar surface area (TPSA) is 40.6 Å². The Balaban J connectivity index is 1.29. The molecule has 1 aromatic carbocycles. The Labute approximate surface area is 149 Å². The van der Waals surface area contributed by atoms with E-state index in [4.69, 9.17) is 0 Å². The van der Waals surface area contributed by atoms with Gasteiger partial charge in [0.05, 0.1) is 6.04 Å². The average molecular weight is 338 g/mol. The number of hydrogen-bond donors (Lipinski definition) is 0. The van der Waals surface area contributed by atoms with E-state index in [-0.39, 0.29) is 17.9 Å². The predicted octanol–water partition coefficient (Wildman–Crippen LogP) is 2.64. The molecule has 2 fully saturated rings. The van der Waals surface area contributed by atoms with Crippen molar-refractivity contribution in [2.24, 2.45) is 11.8 Å². The number of hydrogen-bond acceptors (Lipinski definition) is 2. The summed E-state index contributed by atoms with van der Waals surface area (Å²) in [7, 11) is 0. The maximum absolute atomic E-state index is 12.7. The normalized spacial score (nSPS) is 27.8. The number of nitrogens with zero attached hydrogens (tertiary/aromatic N) is 2. The molecule has 3 atom stereocenters. The first-order valence-corrected chi connectivity index (χ1v) is 9.49. The second-order valence-corrected chi connectivity index (χ2v) is 7.58. The lowest BCUT2D eigenvalue weighted by Gasteiger charge is -2.45. The van der Waals surface area contributed by atoms with Gasteiger partial charge in [0, 0.05) is 37.9 Å². The first-order valence-electron chi connectivity index (χ1n) is 9.49. The quantitative estimate of drug-likeness (QED) is 0.792. The van der Waals surface area contributed by atoms with Crippen LogP contribution in [-0.4, -0.2) is 47.3 Å². The molecular weight excluding hydrogens is 312 g/mol. The highest BCUT2D eigenvalue weighted by Gasteiger charge is 2.49. The second-order valence-electron chi connectivity index (χ2n) is 7.58. The standard InChI is InChI=1S/C21H26N2O2/c24-20(12-11-16-7-3-1-4-8-16)22-13-18-14-23(19(18)15-22)21(25)17-9-5-2-6-10-17/h1-5,7-8,17-19H,6,9-15H2. The molecule has 4 rings (SSSR count). The highest BCUT2D eigenvalue weighted by Crippen LogP contribution is 2.35. The fraction of sp³-hybridized carbons (Fsp3) is 0.524. The Bertz CT molecular complexity index is 670. The number of allylic oxidation sites excluding steroid dienone is 2. The van der Waals surface area contributed by atoms with Gasteiger partial charge in [-0.25, -0.2) is 0 Å². The summed E-state index contributed by atoms with van der Waals surface area (Å²) in [6, 6.07) is 10.4. The molecule has 0 bridgehead atoms. The van der Waals surface area contributed by atoms with Crippen molar-refractivity contribution in [1.29, 1.82) is 0 Å². The molecule has 1 aromatic rings. The molecular formula is C21H26N2O2. The van der Waals surface area contributed by atoms with E-state index in [9.17, 15) is 9.59 Å². The summed E-state index contributed by atoms with van der Waals surface area (Å²) >= 11 is 0. The van der Waals surface area contributed by atoms with Crippen LogP contribution in [-0.2, 0) is 16.0 Å². The Morgan fingerprint density at radius 3 is 2.64 bits per heavy atom. The number of carbonyl (C=O) groups is 2. The van der Waals surface area contributed by atoms with Gasteiger partial charge < -0.3 is 9.80 Å². The third kappa shape index (κ3) is 3.35. The van der Waals surface area contributed by atoms with E-state index in [1.54, 1.807) is 0 Å². The first kappa shape index (κ1) is 16.4. The van der Waals surface area contributed by atoms with Gasteiger partial charge in [-0.1, -0.05) is 42.5 Å². The molecule has 1 aliphatic carbocycles. The van der Waals surface area contributed by atoms with Gasteiger partial charge in [0.2, 0.25) is 11.8 Å². The Kier molecular flexibility index (Phi) is 4.60. The number of rotatable bonds is 4. The highest BCUT2D eigenvalue weighted by molar-refractivity contribution is 5.81. The molecule has 0 spiro atoms. The molecule has 2 saturated heterocycles. The molecule has 132 valence electrons. The number of fused-ring (bicyclic) bond motifs is 1. The van der Waals surface area contributed by atoms with E-state index < -0.39 is 0 Å². The molecule has 4 nitrogen and oxygen atoms in total. The molecule has 0 aromatic heterocycles. The second kappa shape index (κ2) is 7.03. The zero-order chi connectivity index (χ0) is 17.2. The molecule has 2 aliphatic heterocycles. The van der Waals surface area contributed by atoms with Gasteiger partial charge in [-0.2, -0.15) is 0 Å². The average Bonchev–Trinajstić information content (AvgIpc) is 2.98. The monoisotopic (exact) mass is 338 g/mol. The lowest BCUT2D eigenvalue weighted by molar-refractivity contribution is -0.146. The molecule has 4 heteroatoms. The SMILES string of the molecule is O=C(CCc1ccccc1)N1CC2CN(C(=O)C3CC=CCC3)C2C1. The minimum atomic E-state index is 0.161. The van der Waals surface area contributed by atoms with Crippen LogP contribution in [0, 0.1) is 11.8 Å². The fourth-order valence-electron chi connectivity index (χ4n) is 4.40. The lowest BCUT2D eigenvalue weighted by Crippen LogP contribution is -2.59. The van der Waals surface area contributed by atoms with Crippen molar-refractivity contribution < 1.29 is 9.59 Å². The zero-order valence-electron chi connectivity index (χ0n) is 14.6. The third-order valence-electron chi connectivity index (χ3n) is 5.96. The van der Waals surface area contributed by atoms with Crippen LogP contribution in [0.15, 0.2) is 42.5 Å². The molecule has 0 N–H and O–H groups in total. The van der Waals surface area contributed by atoms with Crippen molar-refractivity contribution in [3.8, 4) is 0 Å². The van der Waals surface area contributed by atoms with Crippen LogP contribution < -0.4 is 0 Å². The Hall–Kier alpha value is -2.10. The van der Waals surface area contributed by atoms with Crippen molar-refractivity contribution >= 4 is 11.8 Å². The van der Waals surface area contributed by atoms with Gasteiger partial charge in [0.15, 0.2) is 0 Å². The summed E-state index contributed by atoms with van der Waals surface area (Å²) in [6.45, 7) is 2.39. The fourth-order valence-corrected chi connectivity index (χ4v) is 4.40. The van der Waals surface area contributed by atoms with Crippen LogP contribution in [0.1, 0.15) is 31.2 Å². The van der Waals surface area contributed by atoms with E-state index >= 15 is 0 Å². The largest absolute Gasteiger partial charge is 0.340 e. The summed E-state index contributed by atoms with van der Waals surface area (Å²) in [6.07, 6.45) is 8.54. The summed E-state index contributed by atoms with van der Waals surface area (Å²) in [5.41, 5.74) is 1.21. The van der Waals surface area contributed by atoms with Crippen LogP contribution >= 0.6 is 0 Å². The molecule has 0 radical (unpaired) electrons. The van der Waals surface area contributed by atoms with Crippen molar-refractivity contribution in [3.63, 3.8) is 0 Å². The van der Waals surface area contributed by atoms with Gasteiger partial charge in [0.1, 0.15) is 0 Å². The van der Waals surface area contributed by atoms with Crippen LogP contribution in [0.5, 0.6) is 0 Å². The van der Waals surface area contributed by atoms with Gasteiger partial charge in [-0.15, -0.1) is 0 Å². The number of aryl methyl sites for hydroxylation is 1. The van der Waals surface area contributed by atoms with Crippen LogP contribution in [0.3, 0.4) is 0 Å². The molecule has 0 saturated carbocycles. The minimum Gasteiger partial charge on any atom is -0.340 e. The summed E-state index contributed by atoms with van der Waals surface area (Å²) in [5, 5.41) is 0. The Morgan fingerprint density at radius 1 is 1.04 bits per heavy atom. The summed E-state index contributed by atoms with van der Waals surface area (Å²) in [5.74, 6) is 1.19. The predicted molar refractivity (Wildman–Crippen MR) is 96.8 cm³/mol. The minimum absolute atomic E-state index is 0.161. The maximum Gasteiger partial charge on any atom is 0.226 e.